The van der Waals surface area contributed by atoms with Gasteiger partial charge in [0.2, 0.25) is 6.04 Å². The monoisotopic (exact) mass is 363 g/mol. The Morgan fingerprint density at radius 3 is 2.54 bits per heavy atom. The van der Waals surface area contributed by atoms with Crippen LogP contribution in [0.5, 0.6) is 0 Å². The van der Waals surface area contributed by atoms with Crippen molar-refractivity contribution in [2.45, 2.75) is 90.2 Å². The van der Waals surface area contributed by atoms with Crippen LogP contribution in [0.15, 0.2) is 0 Å². The van der Waals surface area contributed by atoms with E-state index in [4.69, 9.17) is 4.74 Å². The molecule has 4 aliphatic rings. The highest BCUT2D eigenvalue weighted by Gasteiger charge is 2.65. The highest BCUT2D eigenvalue weighted by Crippen LogP contribution is 2.67. The Labute approximate surface area is 157 Å². The van der Waals surface area contributed by atoms with E-state index in [1.807, 2.05) is 0 Å². The van der Waals surface area contributed by atoms with E-state index < -0.39 is 6.04 Å². The van der Waals surface area contributed by atoms with Crippen molar-refractivity contribution in [1.82, 2.24) is 0 Å². The molecule has 146 valence electrons. The van der Waals surface area contributed by atoms with Gasteiger partial charge in [0.25, 0.3) is 0 Å². The van der Waals surface area contributed by atoms with Gasteiger partial charge in [0.1, 0.15) is 0 Å². The lowest BCUT2D eigenvalue weighted by atomic mass is 9.76. The lowest BCUT2D eigenvalue weighted by Gasteiger charge is -2.40. The van der Waals surface area contributed by atoms with Crippen LogP contribution in [0.3, 0.4) is 0 Å². The second-order valence-corrected chi connectivity index (χ2v) is 9.09. The first-order valence-electron chi connectivity index (χ1n) is 10.4. The molecule has 2 aliphatic heterocycles. The lowest BCUT2D eigenvalue weighted by Crippen LogP contribution is -2.41. The summed E-state index contributed by atoms with van der Waals surface area (Å²) >= 11 is 0. The van der Waals surface area contributed by atoms with Crippen molar-refractivity contribution in [2.24, 2.45) is 23.2 Å². The summed E-state index contributed by atoms with van der Waals surface area (Å²) in [7, 11) is 0. The van der Waals surface area contributed by atoms with Crippen LogP contribution in [0.1, 0.15) is 78.1 Å². The van der Waals surface area contributed by atoms with Crippen molar-refractivity contribution in [1.29, 1.82) is 0 Å². The summed E-state index contributed by atoms with van der Waals surface area (Å²) in [5.74, 6) is 1.39. The van der Waals surface area contributed by atoms with E-state index in [0.717, 1.165) is 44.9 Å². The molecule has 0 aromatic carbocycles. The first-order valence-corrected chi connectivity index (χ1v) is 10.4. The van der Waals surface area contributed by atoms with Crippen LogP contribution in [0.2, 0.25) is 0 Å². The van der Waals surface area contributed by atoms with Gasteiger partial charge in [-0.15, -0.1) is 0 Å². The van der Waals surface area contributed by atoms with Crippen LogP contribution >= 0.6 is 0 Å². The second kappa shape index (κ2) is 7.95. The highest BCUT2D eigenvalue weighted by atomic mass is 16.6. The maximum Gasteiger partial charge on any atom is 0.213 e. The number of nitrogens with zero attached hydrogens (tertiary/aromatic N) is 1. The molecule has 4 fully saturated rings. The Balaban J connectivity index is 1.47. The lowest BCUT2D eigenvalue weighted by molar-refractivity contribution is -0.524. The van der Waals surface area contributed by atoms with E-state index in [9.17, 15) is 14.9 Å². The number of nitro groups is 1. The van der Waals surface area contributed by atoms with Crippen LogP contribution in [0.25, 0.3) is 0 Å². The highest BCUT2D eigenvalue weighted by molar-refractivity contribution is 5.91. The molecule has 2 aliphatic carbocycles. The molecular weight excluding hydrogens is 330 g/mol. The molecule has 2 heterocycles. The number of rotatable bonds is 11. The first-order chi connectivity index (χ1) is 12.4. The Bertz CT molecular complexity index is 532. The summed E-state index contributed by atoms with van der Waals surface area (Å²) in [6.07, 6.45) is 9.08. The quantitative estimate of drug-likeness (QED) is 0.301. The zero-order valence-corrected chi connectivity index (χ0v) is 16.2. The summed E-state index contributed by atoms with van der Waals surface area (Å²) in [6, 6.07) is -0.606. The number of Topliss-reactive ketones (excluding diaryl/α,β-unsaturated/α-hetero) is 1. The van der Waals surface area contributed by atoms with Crippen molar-refractivity contribution >= 4 is 5.78 Å². The summed E-state index contributed by atoms with van der Waals surface area (Å²) in [6.45, 7) is 8.42. The molecule has 2 radical (unpaired) electrons. The molecule has 2 saturated heterocycles. The summed E-state index contributed by atoms with van der Waals surface area (Å²) < 4.78 is 6.05. The fourth-order valence-corrected chi connectivity index (χ4v) is 5.68. The van der Waals surface area contributed by atoms with Gasteiger partial charge in [-0.3, -0.25) is 14.9 Å². The maximum atomic E-state index is 12.7. The van der Waals surface area contributed by atoms with E-state index in [1.165, 1.54) is 0 Å². The fourth-order valence-electron chi connectivity index (χ4n) is 5.68. The molecule has 0 amide bonds. The molecule has 5 atom stereocenters. The molecule has 4 rings (SSSR count). The largest absolute Gasteiger partial charge is 0.360 e. The topological polar surface area (TPSA) is 69.4 Å². The van der Waals surface area contributed by atoms with E-state index in [0.29, 0.717) is 30.8 Å². The summed E-state index contributed by atoms with van der Waals surface area (Å²) in [4.78, 5) is 23.8. The molecule has 5 heteroatoms. The van der Waals surface area contributed by atoms with Gasteiger partial charge in [-0.05, 0) is 36.5 Å². The van der Waals surface area contributed by atoms with Gasteiger partial charge in [0, 0.05) is 30.1 Å². The summed E-state index contributed by atoms with van der Waals surface area (Å²) in [5, 5.41) is 11.3. The molecule has 5 unspecified atom stereocenters. The Kier molecular flexibility index (Phi) is 6.05. The van der Waals surface area contributed by atoms with E-state index in [-0.39, 0.29) is 34.6 Å². The second-order valence-electron chi connectivity index (χ2n) is 9.09. The van der Waals surface area contributed by atoms with Crippen LogP contribution in [0.4, 0.5) is 0 Å². The van der Waals surface area contributed by atoms with E-state index in [1.54, 1.807) is 0 Å². The third kappa shape index (κ3) is 3.69. The van der Waals surface area contributed by atoms with Crippen LogP contribution in [0, 0.1) is 46.3 Å². The predicted molar refractivity (Wildman–Crippen MR) is 99.7 cm³/mol. The molecule has 0 N–H and O–H groups in total. The molecule has 2 saturated carbocycles. The molecule has 0 aromatic rings. The number of fused-ring (bicyclic) bond motifs is 1. The number of unbranched alkanes of at least 4 members (excludes halogenated alkanes) is 4. The third-order valence-corrected chi connectivity index (χ3v) is 7.27. The van der Waals surface area contributed by atoms with Crippen LogP contribution in [-0.2, 0) is 9.53 Å². The SMILES string of the molecule is [CH2]CCCCCCC(CCC(=O)[C]1OC2CC3C1CC2C3(C)C)[N+](=O)[O-]. The van der Waals surface area contributed by atoms with Gasteiger partial charge in [-0.25, -0.2) is 0 Å². The van der Waals surface area contributed by atoms with Gasteiger partial charge in [-0.2, -0.15) is 0 Å². The smallest absolute Gasteiger partial charge is 0.213 e. The molecule has 0 aromatic heterocycles. The number of hydrogen-bond donors (Lipinski definition) is 0. The van der Waals surface area contributed by atoms with Crippen molar-refractivity contribution < 1.29 is 14.5 Å². The van der Waals surface area contributed by atoms with E-state index in [2.05, 4.69) is 20.8 Å². The van der Waals surface area contributed by atoms with Crippen molar-refractivity contribution in [3.05, 3.63) is 23.1 Å². The van der Waals surface area contributed by atoms with Gasteiger partial charge in [0.15, 0.2) is 11.9 Å². The van der Waals surface area contributed by atoms with Gasteiger partial charge in [-0.1, -0.05) is 46.5 Å². The summed E-state index contributed by atoms with van der Waals surface area (Å²) in [5.41, 5.74) is 0.259. The van der Waals surface area contributed by atoms with Crippen molar-refractivity contribution in [3.8, 4) is 0 Å². The average Bonchev–Trinajstić information content (AvgIpc) is 2.98. The molecule has 5 nitrogen and oxygen atoms in total. The zero-order chi connectivity index (χ0) is 18.9. The Morgan fingerprint density at radius 2 is 1.96 bits per heavy atom. The minimum Gasteiger partial charge on any atom is -0.360 e. The number of ketones is 1. The number of ether oxygens (including phenoxy) is 1. The third-order valence-electron chi connectivity index (χ3n) is 7.27. The normalized spacial score (nSPS) is 32.9. The number of carbonyl (C=O) groups is 1. The maximum absolute atomic E-state index is 12.7. The van der Waals surface area contributed by atoms with Crippen molar-refractivity contribution in [2.75, 3.05) is 0 Å². The Morgan fingerprint density at radius 1 is 1.23 bits per heavy atom. The molecule has 0 spiro atoms. The molecule has 4 bridgehead atoms. The van der Waals surface area contributed by atoms with Crippen LogP contribution < -0.4 is 0 Å². The van der Waals surface area contributed by atoms with Gasteiger partial charge in [0.05, 0.1) is 6.10 Å². The minimum absolute atomic E-state index is 0.0183. The number of carbonyl (C=O) groups excluding carboxylic acids is 1. The molecular formula is C21H33NO4. The van der Waals surface area contributed by atoms with E-state index >= 15 is 0 Å². The van der Waals surface area contributed by atoms with Gasteiger partial charge < -0.3 is 4.74 Å². The minimum atomic E-state index is -0.606. The fraction of sp³-hybridized carbons (Fsp3) is 0.857. The Hall–Kier alpha value is -0.970. The molecule has 26 heavy (non-hydrogen) atoms. The first kappa shape index (κ1) is 19.8. The van der Waals surface area contributed by atoms with Crippen LogP contribution in [-0.4, -0.2) is 22.9 Å². The van der Waals surface area contributed by atoms with Crippen molar-refractivity contribution in [3.63, 3.8) is 0 Å². The van der Waals surface area contributed by atoms with Gasteiger partial charge >= 0.3 is 0 Å². The average molecular weight is 363 g/mol. The standard InChI is InChI=1S/C21H33NO4/c1-4-5-6-7-8-9-14(22(24)25)10-11-18(23)20-15-12-17-19(26-20)13-16(15)21(17,2)3/h14-17,19H,1,4-13H2,2-3H3. The predicted octanol–water partition coefficient (Wildman–Crippen LogP) is 4.77. The number of hydrogen-bond acceptors (Lipinski definition) is 4. The zero-order valence-electron chi connectivity index (χ0n) is 16.2.